The number of aryl methyl sites for hydroxylation is 1. The predicted molar refractivity (Wildman–Crippen MR) is 75.8 cm³/mol. The molecular weight excluding hydrogens is 242 g/mol. The second-order valence-electron chi connectivity index (χ2n) is 5.11. The number of carboxylic acid groups (broad SMARTS) is 1. The van der Waals surface area contributed by atoms with Crippen LogP contribution in [0.15, 0.2) is 18.2 Å². The van der Waals surface area contributed by atoms with Crippen molar-refractivity contribution in [2.45, 2.75) is 39.2 Å². The predicted octanol–water partition coefficient (Wildman–Crippen LogP) is 2.25. The average molecular weight is 265 g/mol. The summed E-state index contributed by atoms with van der Waals surface area (Å²) in [6, 6.07) is 6.14. The van der Waals surface area contributed by atoms with Crippen molar-refractivity contribution in [1.29, 1.82) is 0 Å². The highest BCUT2D eigenvalue weighted by Crippen LogP contribution is 2.20. The van der Waals surface area contributed by atoms with E-state index in [0.717, 1.165) is 24.2 Å². The molecule has 0 aromatic heterocycles. The molecule has 1 rings (SSSR count). The fourth-order valence-corrected chi connectivity index (χ4v) is 1.83. The van der Waals surface area contributed by atoms with E-state index in [1.54, 1.807) is 21.0 Å². The van der Waals surface area contributed by atoms with Crippen LogP contribution in [0.3, 0.4) is 0 Å². The highest BCUT2D eigenvalue weighted by molar-refractivity contribution is 5.77. The van der Waals surface area contributed by atoms with Crippen LogP contribution in [0, 0.1) is 0 Å². The molecule has 0 saturated carbocycles. The Morgan fingerprint density at radius 1 is 1.42 bits per heavy atom. The van der Waals surface area contributed by atoms with Crippen LogP contribution in [0.4, 0.5) is 0 Å². The lowest BCUT2D eigenvalue weighted by Gasteiger charge is -2.21. The van der Waals surface area contributed by atoms with Gasteiger partial charge in [-0.2, -0.15) is 0 Å². The van der Waals surface area contributed by atoms with Gasteiger partial charge < -0.3 is 15.2 Å². The molecule has 0 saturated heterocycles. The zero-order chi connectivity index (χ0) is 14.5. The van der Waals surface area contributed by atoms with Crippen molar-refractivity contribution >= 4 is 5.97 Å². The molecule has 106 valence electrons. The molecule has 0 aliphatic rings. The van der Waals surface area contributed by atoms with Crippen LogP contribution < -0.4 is 10.1 Å². The highest BCUT2D eigenvalue weighted by Gasteiger charge is 2.25. The monoisotopic (exact) mass is 265 g/mol. The molecular formula is C15H23NO3. The maximum Gasteiger partial charge on any atom is 0.323 e. The van der Waals surface area contributed by atoms with E-state index in [1.807, 2.05) is 6.07 Å². The van der Waals surface area contributed by atoms with Gasteiger partial charge in [0.15, 0.2) is 0 Å². The van der Waals surface area contributed by atoms with E-state index in [2.05, 4.69) is 24.4 Å². The van der Waals surface area contributed by atoms with Gasteiger partial charge >= 0.3 is 5.97 Å². The summed E-state index contributed by atoms with van der Waals surface area (Å²) in [5.41, 5.74) is 1.46. The number of ether oxygens (including phenoxy) is 1. The summed E-state index contributed by atoms with van der Waals surface area (Å²) in [7, 11) is 1.65. The normalized spacial score (nSPS) is 11.4. The standard InChI is InChI=1S/C15H23NO3/c1-5-11-6-7-13(19-4)12(10-11)8-9-16-15(2,3)14(17)18/h6-7,10,16H,5,8-9H2,1-4H3,(H,17,18). The van der Waals surface area contributed by atoms with Gasteiger partial charge in [-0.3, -0.25) is 4.79 Å². The molecule has 0 aliphatic heterocycles. The number of methoxy groups -OCH3 is 1. The molecule has 4 heteroatoms. The van der Waals surface area contributed by atoms with Gasteiger partial charge in [-0.25, -0.2) is 0 Å². The van der Waals surface area contributed by atoms with Gasteiger partial charge in [-0.05, 0) is 43.9 Å². The summed E-state index contributed by atoms with van der Waals surface area (Å²) in [6.07, 6.45) is 1.72. The largest absolute Gasteiger partial charge is 0.496 e. The van der Waals surface area contributed by atoms with Crippen molar-refractivity contribution < 1.29 is 14.6 Å². The summed E-state index contributed by atoms with van der Waals surface area (Å²) in [5.74, 6) is 0.00825. The third-order valence-electron chi connectivity index (χ3n) is 3.25. The van der Waals surface area contributed by atoms with E-state index in [9.17, 15) is 4.79 Å². The van der Waals surface area contributed by atoms with E-state index in [0.29, 0.717) is 6.54 Å². The molecule has 1 aromatic carbocycles. The molecule has 2 N–H and O–H groups in total. The zero-order valence-electron chi connectivity index (χ0n) is 12.1. The molecule has 4 nitrogen and oxygen atoms in total. The number of rotatable bonds is 7. The molecule has 19 heavy (non-hydrogen) atoms. The Hall–Kier alpha value is -1.55. The molecule has 0 heterocycles. The molecule has 1 aromatic rings. The van der Waals surface area contributed by atoms with E-state index >= 15 is 0 Å². The van der Waals surface area contributed by atoms with Crippen molar-refractivity contribution in [2.75, 3.05) is 13.7 Å². The van der Waals surface area contributed by atoms with Gasteiger partial charge in [-0.1, -0.05) is 19.1 Å². The quantitative estimate of drug-likeness (QED) is 0.794. The highest BCUT2D eigenvalue weighted by atomic mass is 16.5. The van der Waals surface area contributed by atoms with Crippen molar-refractivity contribution in [1.82, 2.24) is 5.32 Å². The van der Waals surface area contributed by atoms with Gasteiger partial charge in [0.2, 0.25) is 0 Å². The zero-order valence-corrected chi connectivity index (χ0v) is 12.1. The van der Waals surface area contributed by atoms with Gasteiger partial charge in [0, 0.05) is 6.54 Å². The molecule has 0 bridgehead atoms. The van der Waals surface area contributed by atoms with Crippen LogP contribution in [0.25, 0.3) is 0 Å². The minimum absolute atomic E-state index is 0.600. The van der Waals surface area contributed by atoms with E-state index in [-0.39, 0.29) is 0 Å². The Bertz CT molecular complexity index is 441. The molecule has 0 fully saturated rings. The van der Waals surface area contributed by atoms with Crippen LogP contribution >= 0.6 is 0 Å². The van der Waals surface area contributed by atoms with E-state index in [4.69, 9.17) is 9.84 Å². The lowest BCUT2D eigenvalue weighted by Crippen LogP contribution is -2.47. The Kier molecular flexibility index (Phi) is 5.36. The number of hydrogen-bond donors (Lipinski definition) is 2. The van der Waals surface area contributed by atoms with Gasteiger partial charge in [0.1, 0.15) is 11.3 Å². The van der Waals surface area contributed by atoms with Crippen LogP contribution in [0.1, 0.15) is 31.9 Å². The summed E-state index contributed by atoms with van der Waals surface area (Å²) in [6.45, 7) is 6.03. The van der Waals surface area contributed by atoms with Crippen LogP contribution in [-0.2, 0) is 17.6 Å². The molecule has 0 radical (unpaired) electrons. The van der Waals surface area contributed by atoms with E-state index < -0.39 is 11.5 Å². The van der Waals surface area contributed by atoms with Crippen LogP contribution in [-0.4, -0.2) is 30.3 Å². The molecule has 0 atom stereocenters. The second kappa shape index (κ2) is 6.57. The number of carbonyl (C=O) groups is 1. The summed E-state index contributed by atoms with van der Waals surface area (Å²) in [4.78, 5) is 11.0. The third kappa shape index (κ3) is 4.24. The summed E-state index contributed by atoms with van der Waals surface area (Å²) < 4.78 is 5.33. The summed E-state index contributed by atoms with van der Waals surface area (Å²) >= 11 is 0. The summed E-state index contributed by atoms with van der Waals surface area (Å²) in [5, 5.41) is 12.1. The first-order valence-electron chi connectivity index (χ1n) is 6.55. The Labute approximate surface area is 114 Å². The van der Waals surface area contributed by atoms with E-state index in [1.165, 1.54) is 5.56 Å². The third-order valence-corrected chi connectivity index (χ3v) is 3.25. The van der Waals surface area contributed by atoms with Crippen molar-refractivity contribution in [3.8, 4) is 5.75 Å². The fraction of sp³-hybridized carbons (Fsp3) is 0.533. The maximum atomic E-state index is 11.0. The molecule has 0 aliphatic carbocycles. The first kappa shape index (κ1) is 15.5. The fourth-order valence-electron chi connectivity index (χ4n) is 1.83. The first-order chi connectivity index (χ1) is 8.90. The van der Waals surface area contributed by atoms with Crippen LogP contribution in [0.2, 0.25) is 0 Å². The number of benzene rings is 1. The Balaban J connectivity index is 2.69. The molecule has 0 unspecified atom stereocenters. The Morgan fingerprint density at radius 3 is 2.63 bits per heavy atom. The van der Waals surface area contributed by atoms with Crippen molar-refractivity contribution in [2.24, 2.45) is 0 Å². The number of aliphatic carboxylic acids is 1. The van der Waals surface area contributed by atoms with Gasteiger partial charge in [-0.15, -0.1) is 0 Å². The van der Waals surface area contributed by atoms with Crippen molar-refractivity contribution in [3.05, 3.63) is 29.3 Å². The average Bonchev–Trinajstić information content (AvgIpc) is 2.38. The Morgan fingerprint density at radius 2 is 2.11 bits per heavy atom. The lowest BCUT2D eigenvalue weighted by atomic mass is 10.0. The topological polar surface area (TPSA) is 58.6 Å². The van der Waals surface area contributed by atoms with Crippen LogP contribution in [0.5, 0.6) is 5.75 Å². The van der Waals surface area contributed by atoms with Crippen molar-refractivity contribution in [3.63, 3.8) is 0 Å². The number of nitrogens with one attached hydrogen (secondary N) is 1. The molecule has 0 amide bonds. The van der Waals surface area contributed by atoms with Gasteiger partial charge in [0.25, 0.3) is 0 Å². The smallest absolute Gasteiger partial charge is 0.323 e. The number of hydrogen-bond acceptors (Lipinski definition) is 3. The molecule has 0 spiro atoms. The number of carboxylic acids is 1. The lowest BCUT2D eigenvalue weighted by molar-refractivity contribution is -0.143. The second-order valence-corrected chi connectivity index (χ2v) is 5.11. The maximum absolute atomic E-state index is 11.0. The first-order valence-corrected chi connectivity index (χ1v) is 6.55. The van der Waals surface area contributed by atoms with Gasteiger partial charge in [0.05, 0.1) is 7.11 Å². The minimum atomic E-state index is -0.907. The SMILES string of the molecule is CCc1ccc(OC)c(CCNC(C)(C)C(=O)O)c1. The minimum Gasteiger partial charge on any atom is -0.496 e.